The van der Waals surface area contributed by atoms with Crippen molar-refractivity contribution >= 4 is 33.1 Å². The molecule has 0 aliphatic carbocycles. The molecule has 0 atom stereocenters. The van der Waals surface area contributed by atoms with Gasteiger partial charge in [0.2, 0.25) is 5.91 Å². The van der Waals surface area contributed by atoms with Gasteiger partial charge in [0.25, 0.3) is 5.56 Å². The topological polar surface area (TPSA) is 91.6 Å². The summed E-state index contributed by atoms with van der Waals surface area (Å²) in [7, 11) is 3.08. The molecule has 0 spiro atoms. The molecule has 0 fully saturated rings. The molecule has 2 aromatic carbocycles. The Labute approximate surface area is 193 Å². The van der Waals surface area contributed by atoms with Gasteiger partial charge >= 0.3 is 5.69 Å². The maximum absolute atomic E-state index is 13.3. The van der Waals surface area contributed by atoms with Crippen LogP contribution in [0, 0.1) is 6.92 Å². The third-order valence-corrected chi connectivity index (χ3v) is 6.13. The molecule has 9 heteroatoms. The molecule has 0 aliphatic heterocycles. The second-order valence-electron chi connectivity index (χ2n) is 7.50. The Hall–Kier alpha value is -3.85. The van der Waals surface area contributed by atoms with Crippen molar-refractivity contribution in [3.05, 3.63) is 85.9 Å². The van der Waals surface area contributed by atoms with Crippen molar-refractivity contribution in [1.82, 2.24) is 9.13 Å². The number of hydrogen-bond donors (Lipinski definition) is 1. The zero-order valence-electron chi connectivity index (χ0n) is 18.5. The largest absolute Gasteiger partial charge is 0.497 e. The fourth-order valence-electron chi connectivity index (χ4n) is 3.63. The number of amides is 1. The first-order valence-electron chi connectivity index (χ1n) is 10.2. The molecular weight excluding hydrogens is 442 g/mol. The van der Waals surface area contributed by atoms with Gasteiger partial charge in [0.1, 0.15) is 22.7 Å². The molecule has 33 heavy (non-hydrogen) atoms. The minimum absolute atomic E-state index is 0.0655. The minimum Gasteiger partial charge on any atom is -0.497 e. The minimum atomic E-state index is -0.555. The van der Waals surface area contributed by atoms with Gasteiger partial charge in [-0.1, -0.05) is 18.2 Å². The van der Waals surface area contributed by atoms with Crippen LogP contribution in [0.3, 0.4) is 0 Å². The van der Waals surface area contributed by atoms with Gasteiger partial charge in [-0.3, -0.25) is 18.7 Å². The summed E-state index contributed by atoms with van der Waals surface area (Å²) in [6.07, 6.45) is 0. The van der Waals surface area contributed by atoms with E-state index >= 15 is 0 Å². The third-order valence-electron chi connectivity index (χ3n) is 5.24. The fraction of sp³-hybridized carbons (Fsp3) is 0.208. The zero-order chi connectivity index (χ0) is 23.5. The standard InChI is InChI=1S/C24H23N3O5S/c1-15-7-8-20(32-3)18(11-15)25-21(28)14-26-19-9-10-33-22(19)23(29)27(24(26)30)13-16-5-4-6-17(12-16)31-2/h4-12H,13-14H2,1-3H3,(H,25,28). The van der Waals surface area contributed by atoms with Gasteiger partial charge in [0.15, 0.2) is 0 Å². The number of carbonyl (C=O) groups is 1. The Balaban J connectivity index is 1.71. The highest BCUT2D eigenvalue weighted by atomic mass is 32.1. The second-order valence-corrected chi connectivity index (χ2v) is 8.41. The van der Waals surface area contributed by atoms with Crippen LogP contribution >= 0.6 is 11.3 Å². The van der Waals surface area contributed by atoms with Gasteiger partial charge in [-0.2, -0.15) is 0 Å². The molecule has 8 nitrogen and oxygen atoms in total. The van der Waals surface area contributed by atoms with Crippen molar-refractivity contribution in [3.8, 4) is 11.5 Å². The highest BCUT2D eigenvalue weighted by Crippen LogP contribution is 2.25. The predicted molar refractivity (Wildman–Crippen MR) is 129 cm³/mol. The highest BCUT2D eigenvalue weighted by Gasteiger charge is 2.18. The number of aromatic nitrogens is 2. The molecule has 0 saturated heterocycles. The number of benzene rings is 2. The molecule has 1 amide bonds. The van der Waals surface area contributed by atoms with Crippen LogP contribution in [0.15, 0.2) is 63.5 Å². The maximum Gasteiger partial charge on any atom is 0.332 e. The quantitative estimate of drug-likeness (QED) is 0.453. The van der Waals surface area contributed by atoms with Gasteiger partial charge in [-0.25, -0.2) is 4.79 Å². The van der Waals surface area contributed by atoms with Crippen LogP contribution in [0.1, 0.15) is 11.1 Å². The third kappa shape index (κ3) is 4.54. The van der Waals surface area contributed by atoms with Crippen molar-refractivity contribution in [2.45, 2.75) is 20.0 Å². The zero-order valence-corrected chi connectivity index (χ0v) is 19.3. The van der Waals surface area contributed by atoms with E-state index in [0.717, 1.165) is 15.7 Å². The van der Waals surface area contributed by atoms with Crippen LogP contribution in [-0.4, -0.2) is 29.3 Å². The monoisotopic (exact) mass is 465 g/mol. The number of rotatable bonds is 7. The summed E-state index contributed by atoms with van der Waals surface area (Å²) >= 11 is 1.24. The van der Waals surface area contributed by atoms with E-state index in [2.05, 4.69) is 5.32 Å². The van der Waals surface area contributed by atoms with E-state index in [0.29, 0.717) is 27.4 Å². The first-order valence-corrected chi connectivity index (χ1v) is 11.1. The lowest BCUT2D eigenvalue weighted by molar-refractivity contribution is -0.116. The smallest absolute Gasteiger partial charge is 0.332 e. The van der Waals surface area contributed by atoms with Crippen molar-refractivity contribution in [2.75, 3.05) is 19.5 Å². The summed E-state index contributed by atoms with van der Waals surface area (Å²) in [4.78, 5) is 39.2. The Bertz CT molecular complexity index is 1450. The van der Waals surface area contributed by atoms with E-state index < -0.39 is 11.6 Å². The van der Waals surface area contributed by atoms with Crippen molar-refractivity contribution in [1.29, 1.82) is 0 Å². The van der Waals surface area contributed by atoms with Crippen LogP contribution in [0.5, 0.6) is 11.5 Å². The van der Waals surface area contributed by atoms with Gasteiger partial charge < -0.3 is 14.8 Å². The van der Waals surface area contributed by atoms with Crippen LogP contribution in [0.4, 0.5) is 5.69 Å². The van der Waals surface area contributed by atoms with E-state index in [9.17, 15) is 14.4 Å². The van der Waals surface area contributed by atoms with Crippen LogP contribution in [-0.2, 0) is 17.9 Å². The van der Waals surface area contributed by atoms with E-state index in [1.165, 1.54) is 23.0 Å². The molecule has 0 aliphatic rings. The number of hydrogen-bond acceptors (Lipinski definition) is 6. The van der Waals surface area contributed by atoms with Gasteiger partial charge in [0, 0.05) is 0 Å². The number of nitrogens with one attached hydrogen (secondary N) is 1. The Morgan fingerprint density at radius 1 is 1.03 bits per heavy atom. The van der Waals surface area contributed by atoms with Crippen molar-refractivity contribution in [2.24, 2.45) is 0 Å². The van der Waals surface area contributed by atoms with Crippen LogP contribution in [0.2, 0.25) is 0 Å². The number of fused-ring (bicyclic) bond motifs is 1. The molecule has 0 saturated carbocycles. The number of methoxy groups -OCH3 is 2. The summed E-state index contributed by atoms with van der Waals surface area (Å²) in [6, 6.07) is 14.3. The number of thiophene rings is 1. The van der Waals surface area contributed by atoms with Crippen LogP contribution in [0.25, 0.3) is 10.2 Å². The number of nitrogens with zero attached hydrogens (tertiary/aromatic N) is 2. The normalized spacial score (nSPS) is 10.9. The lowest BCUT2D eigenvalue weighted by Gasteiger charge is -2.14. The Morgan fingerprint density at radius 3 is 2.61 bits per heavy atom. The molecule has 2 heterocycles. The number of aryl methyl sites for hydroxylation is 1. The molecule has 4 aromatic rings. The summed E-state index contributed by atoms with van der Waals surface area (Å²) < 4.78 is 13.4. The fourth-order valence-corrected chi connectivity index (χ4v) is 4.47. The molecule has 0 radical (unpaired) electrons. The van der Waals surface area contributed by atoms with E-state index in [1.54, 1.807) is 48.9 Å². The summed E-state index contributed by atoms with van der Waals surface area (Å²) in [6.45, 7) is 1.72. The second kappa shape index (κ2) is 9.33. The Kier molecular flexibility index (Phi) is 6.32. The van der Waals surface area contributed by atoms with Gasteiger partial charge in [-0.05, 0) is 53.8 Å². The summed E-state index contributed by atoms with van der Waals surface area (Å²) in [5.74, 6) is 0.745. The predicted octanol–water partition coefficient (Wildman–Crippen LogP) is 3.24. The first kappa shape index (κ1) is 22.3. The molecule has 170 valence electrons. The molecule has 1 N–H and O–H groups in total. The number of ether oxygens (including phenoxy) is 2. The molecule has 4 rings (SSSR count). The lowest BCUT2D eigenvalue weighted by Crippen LogP contribution is -2.41. The molecular formula is C24H23N3O5S. The lowest BCUT2D eigenvalue weighted by atomic mass is 10.2. The van der Waals surface area contributed by atoms with Crippen LogP contribution < -0.4 is 26.0 Å². The molecule has 0 bridgehead atoms. The summed E-state index contributed by atoms with van der Waals surface area (Å²) in [5, 5.41) is 4.55. The molecule has 0 unspecified atom stereocenters. The first-order chi connectivity index (χ1) is 15.9. The average Bonchev–Trinajstić information content (AvgIpc) is 3.30. The van der Waals surface area contributed by atoms with Gasteiger partial charge in [-0.15, -0.1) is 11.3 Å². The number of anilines is 1. The van der Waals surface area contributed by atoms with Crippen molar-refractivity contribution < 1.29 is 14.3 Å². The van der Waals surface area contributed by atoms with E-state index in [-0.39, 0.29) is 18.6 Å². The van der Waals surface area contributed by atoms with E-state index in [1.807, 2.05) is 19.1 Å². The summed E-state index contributed by atoms with van der Waals surface area (Å²) in [5.41, 5.74) is 1.70. The van der Waals surface area contributed by atoms with E-state index in [4.69, 9.17) is 9.47 Å². The van der Waals surface area contributed by atoms with Crippen molar-refractivity contribution in [3.63, 3.8) is 0 Å². The average molecular weight is 466 g/mol. The maximum atomic E-state index is 13.3. The van der Waals surface area contributed by atoms with Gasteiger partial charge in [0.05, 0.1) is 32.0 Å². The Morgan fingerprint density at radius 2 is 1.85 bits per heavy atom. The highest BCUT2D eigenvalue weighted by molar-refractivity contribution is 7.17. The number of carbonyl (C=O) groups excluding carboxylic acids is 1. The SMILES string of the molecule is COc1cccc(Cn2c(=O)c3sccc3n(CC(=O)Nc3cc(C)ccc3OC)c2=O)c1. The molecule has 2 aromatic heterocycles.